The lowest BCUT2D eigenvalue weighted by Gasteiger charge is -2.25. The standard InChI is InChI=1S/C25H20FN3O4/c1-2-27(16-17-8-4-3-5-9-17)23-22(18-12-14-19(15-13-18)29(32)33)24(30)28(25(23)31)21-11-7-6-10-20(21)26/h3-15H,2,16H2,1H3. The van der Waals surface area contributed by atoms with E-state index in [1.165, 1.54) is 42.5 Å². The number of benzene rings is 3. The molecular formula is C25H20FN3O4. The Morgan fingerprint density at radius 3 is 2.15 bits per heavy atom. The predicted octanol–water partition coefficient (Wildman–Crippen LogP) is 4.54. The number of carbonyl (C=O) groups is 2. The van der Waals surface area contributed by atoms with Crippen LogP contribution in [0.25, 0.3) is 5.57 Å². The Labute approximate surface area is 189 Å². The molecule has 166 valence electrons. The van der Waals surface area contributed by atoms with Gasteiger partial charge in [0.25, 0.3) is 17.5 Å². The summed E-state index contributed by atoms with van der Waals surface area (Å²) in [5, 5.41) is 11.1. The van der Waals surface area contributed by atoms with Crippen LogP contribution in [-0.4, -0.2) is 28.2 Å². The van der Waals surface area contributed by atoms with Crippen LogP contribution < -0.4 is 4.90 Å². The number of anilines is 1. The number of hydrogen-bond donors (Lipinski definition) is 0. The summed E-state index contributed by atoms with van der Waals surface area (Å²) in [5.74, 6) is -2.02. The summed E-state index contributed by atoms with van der Waals surface area (Å²) in [6.07, 6.45) is 0. The van der Waals surface area contributed by atoms with Crippen LogP contribution in [-0.2, 0) is 16.1 Å². The van der Waals surface area contributed by atoms with Crippen molar-refractivity contribution >= 4 is 28.8 Å². The molecule has 0 N–H and O–H groups in total. The highest BCUT2D eigenvalue weighted by molar-refractivity contribution is 6.45. The van der Waals surface area contributed by atoms with Crippen LogP contribution in [0, 0.1) is 15.9 Å². The third-order valence-corrected chi connectivity index (χ3v) is 5.43. The second-order valence-electron chi connectivity index (χ2n) is 7.42. The van der Waals surface area contributed by atoms with E-state index >= 15 is 0 Å². The Morgan fingerprint density at radius 2 is 1.55 bits per heavy atom. The van der Waals surface area contributed by atoms with Crippen LogP contribution in [0.4, 0.5) is 15.8 Å². The van der Waals surface area contributed by atoms with Gasteiger partial charge in [0.05, 0.1) is 16.2 Å². The van der Waals surface area contributed by atoms with Crippen LogP contribution in [0.1, 0.15) is 18.1 Å². The van der Waals surface area contributed by atoms with Crippen LogP contribution in [0.5, 0.6) is 0 Å². The largest absolute Gasteiger partial charge is 0.362 e. The molecule has 0 saturated carbocycles. The highest BCUT2D eigenvalue weighted by Crippen LogP contribution is 2.36. The number of hydrogen-bond acceptors (Lipinski definition) is 5. The van der Waals surface area contributed by atoms with Crippen LogP contribution in [0.2, 0.25) is 0 Å². The topological polar surface area (TPSA) is 83.8 Å². The normalized spacial score (nSPS) is 13.6. The van der Waals surface area contributed by atoms with E-state index in [9.17, 15) is 24.1 Å². The molecule has 0 radical (unpaired) electrons. The number of rotatable bonds is 7. The van der Waals surface area contributed by atoms with E-state index in [4.69, 9.17) is 0 Å². The van der Waals surface area contributed by atoms with Gasteiger partial charge in [-0.05, 0) is 42.3 Å². The molecule has 33 heavy (non-hydrogen) atoms. The zero-order chi connectivity index (χ0) is 23.5. The average molecular weight is 445 g/mol. The van der Waals surface area contributed by atoms with E-state index in [0.717, 1.165) is 10.5 Å². The number of para-hydroxylation sites is 1. The minimum atomic E-state index is -0.699. The molecule has 0 saturated heterocycles. The molecule has 4 rings (SSSR count). The number of halogens is 1. The Hall–Kier alpha value is -4.33. The molecule has 3 aromatic carbocycles. The molecule has 0 unspecified atom stereocenters. The van der Waals surface area contributed by atoms with E-state index in [-0.39, 0.29) is 22.6 Å². The lowest BCUT2D eigenvalue weighted by Crippen LogP contribution is -2.35. The molecule has 0 atom stereocenters. The predicted molar refractivity (Wildman–Crippen MR) is 121 cm³/mol. The maximum atomic E-state index is 14.6. The molecule has 1 aliphatic rings. The number of imide groups is 1. The molecule has 2 amide bonds. The maximum absolute atomic E-state index is 14.6. The van der Waals surface area contributed by atoms with Gasteiger partial charge in [0.15, 0.2) is 0 Å². The first-order chi connectivity index (χ1) is 15.9. The molecular weight excluding hydrogens is 425 g/mol. The fourth-order valence-corrected chi connectivity index (χ4v) is 3.83. The van der Waals surface area contributed by atoms with Crippen molar-refractivity contribution in [3.63, 3.8) is 0 Å². The van der Waals surface area contributed by atoms with Crippen molar-refractivity contribution in [2.75, 3.05) is 11.4 Å². The van der Waals surface area contributed by atoms with Crippen LogP contribution >= 0.6 is 0 Å². The summed E-state index contributed by atoms with van der Waals surface area (Å²) < 4.78 is 14.6. The lowest BCUT2D eigenvalue weighted by molar-refractivity contribution is -0.384. The number of nitrogens with zero attached hydrogens (tertiary/aromatic N) is 3. The maximum Gasteiger partial charge on any atom is 0.282 e. The van der Waals surface area contributed by atoms with Gasteiger partial charge in [0, 0.05) is 25.2 Å². The summed E-state index contributed by atoms with van der Waals surface area (Å²) in [5.41, 5.74) is 1.20. The Bertz CT molecular complexity index is 1260. The minimum absolute atomic E-state index is 0.0796. The van der Waals surface area contributed by atoms with Crippen LogP contribution in [0.3, 0.4) is 0 Å². The van der Waals surface area contributed by atoms with Gasteiger partial charge in [-0.15, -0.1) is 0 Å². The molecule has 0 bridgehead atoms. The molecule has 7 nitrogen and oxygen atoms in total. The molecule has 3 aromatic rings. The molecule has 1 heterocycles. The first kappa shape index (κ1) is 21.9. The number of amides is 2. The lowest BCUT2D eigenvalue weighted by atomic mass is 10.0. The van der Waals surface area contributed by atoms with Crippen molar-refractivity contribution in [2.24, 2.45) is 0 Å². The van der Waals surface area contributed by atoms with E-state index in [1.54, 1.807) is 11.0 Å². The smallest absolute Gasteiger partial charge is 0.282 e. The third kappa shape index (κ3) is 4.10. The fourth-order valence-electron chi connectivity index (χ4n) is 3.83. The summed E-state index contributed by atoms with van der Waals surface area (Å²) in [7, 11) is 0. The van der Waals surface area contributed by atoms with Crippen molar-refractivity contribution in [1.82, 2.24) is 4.90 Å². The van der Waals surface area contributed by atoms with Gasteiger partial charge in [-0.3, -0.25) is 19.7 Å². The van der Waals surface area contributed by atoms with E-state index in [1.807, 2.05) is 37.3 Å². The van der Waals surface area contributed by atoms with Gasteiger partial charge in [0.1, 0.15) is 11.5 Å². The first-order valence-electron chi connectivity index (χ1n) is 10.3. The Kier molecular flexibility index (Phi) is 5.99. The number of carbonyl (C=O) groups excluding carboxylic acids is 2. The Morgan fingerprint density at radius 1 is 0.909 bits per heavy atom. The molecule has 1 aliphatic heterocycles. The minimum Gasteiger partial charge on any atom is -0.362 e. The number of likely N-dealkylation sites (N-methyl/N-ethyl adjacent to an activating group) is 1. The van der Waals surface area contributed by atoms with Gasteiger partial charge in [-0.1, -0.05) is 42.5 Å². The SMILES string of the molecule is CCN(Cc1ccccc1)C1=C(c2ccc([N+](=O)[O-])cc2)C(=O)N(c2ccccc2F)C1=O. The summed E-state index contributed by atoms with van der Waals surface area (Å²) in [6, 6.07) is 20.4. The van der Waals surface area contributed by atoms with Crippen molar-refractivity contribution in [1.29, 1.82) is 0 Å². The second-order valence-corrected chi connectivity index (χ2v) is 7.42. The van der Waals surface area contributed by atoms with Crippen LogP contribution in [0.15, 0.2) is 84.6 Å². The monoisotopic (exact) mass is 445 g/mol. The third-order valence-electron chi connectivity index (χ3n) is 5.43. The molecule has 0 aromatic heterocycles. The van der Waals surface area contributed by atoms with E-state index in [0.29, 0.717) is 18.7 Å². The van der Waals surface area contributed by atoms with Gasteiger partial charge in [-0.25, -0.2) is 9.29 Å². The number of non-ortho nitro benzene ring substituents is 1. The highest BCUT2D eigenvalue weighted by Gasteiger charge is 2.43. The van der Waals surface area contributed by atoms with Crippen molar-refractivity contribution < 1.29 is 18.9 Å². The summed E-state index contributed by atoms with van der Waals surface area (Å²) in [4.78, 5) is 40.1. The first-order valence-corrected chi connectivity index (χ1v) is 10.3. The molecule has 8 heteroatoms. The second kappa shape index (κ2) is 9.04. The van der Waals surface area contributed by atoms with Gasteiger partial charge >= 0.3 is 0 Å². The number of nitro benzene ring substituents is 1. The molecule has 0 fully saturated rings. The molecule has 0 aliphatic carbocycles. The van der Waals surface area contributed by atoms with Crippen molar-refractivity contribution in [2.45, 2.75) is 13.5 Å². The average Bonchev–Trinajstić information content (AvgIpc) is 3.08. The van der Waals surface area contributed by atoms with Gasteiger partial charge in [0.2, 0.25) is 0 Å². The quantitative estimate of drug-likeness (QED) is 0.303. The number of nitro groups is 1. The summed E-state index contributed by atoms with van der Waals surface area (Å²) >= 11 is 0. The van der Waals surface area contributed by atoms with Gasteiger partial charge < -0.3 is 4.90 Å². The Balaban J connectivity index is 1.85. The van der Waals surface area contributed by atoms with E-state index in [2.05, 4.69) is 0 Å². The molecule has 0 spiro atoms. The van der Waals surface area contributed by atoms with E-state index < -0.39 is 22.6 Å². The van der Waals surface area contributed by atoms with Gasteiger partial charge in [-0.2, -0.15) is 0 Å². The zero-order valence-electron chi connectivity index (χ0n) is 17.8. The fraction of sp³-hybridized carbons (Fsp3) is 0.120. The summed E-state index contributed by atoms with van der Waals surface area (Å²) in [6.45, 7) is 2.62. The van der Waals surface area contributed by atoms with Crippen molar-refractivity contribution in [3.05, 3.63) is 112 Å². The highest BCUT2D eigenvalue weighted by atomic mass is 19.1. The zero-order valence-corrected chi connectivity index (χ0v) is 17.8. The van der Waals surface area contributed by atoms with Crippen molar-refractivity contribution in [3.8, 4) is 0 Å².